The maximum Gasteiger partial charge on any atom is 0.251 e. The largest absolute Gasteiger partial charge is 0.351 e. The zero-order chi connectivity index (χ0) is 12.6. The van der Waals surface area contributed by atoms with Gasteiger partial charge in [0.2, 0.25) is 0 Å². The van der Waals surface area contributed by atoms with Gasteiger partial charge in [0.25, 0.3) is 5.91 Å². The Hall–Kier alpha value is -1.81. The van der Waals surface area contributed by atoms with E-state index in [2.05, 4.69) is 10.3 Å². The monoisotopic (exact) mass is 258 g/mol. The molecule has 0 aliphatic carbocycles. The van der Waals surface area contributed by atoms with Gasteiger partial charge < -0.3 is 5.32 Å². The summed E-state index contributed by atoms with van der Waals surface area (Å²) in [5.41, 5.74) is 0.695. The van der Waals surface area contributed by atoms with Crippen molar-refractivity contribution in [3.63, 3.8) is 0 Å². The van der Waals surface area contributed by atoms with E-state index in [1.807, 2.05) is 36.4 Å². The molecule has 92 valence electrons. The highest BCUT2D eigenvalue weighted by Gasteiger charge is 2.02. The maximum absolute atomic E-state index is 11.7. The second-order valence-corrected chi connectivity index (χ2v) is 4.75. The van der Waals surface area contributed by atoms with E-state index < -0.39 is 0 Å². The van der Waals surface area contributed by atoms with Crippen LogP contribution in [-0.4, -0.2) is 23.2 Å². The van der Waals surface area contributed by atoms with E-state index in [0.717, 1.165) is 10.8 Å². The third kappa shape index (κ3) is 3.89. The molecule has 1 heterocycles. The van der Waals surface area contributed by atoms with Crippen LogP contribution in [0.25, 0.3) is 0 Å². The summed E-state index contributed by atoms with van der Waals surface area (Å²) in [5.74, 6) is 0.785. The van der Waals surface area contributed by atoms with Crippen molar-refractivity contribution in [3.05, 3.63) is 60.3 Å². The molecule has 1 aromatic heterocycles. The minimum atomic E-state index is -0.0304. The fourth-order valence-electron chi connectivity index (χ4n) is 1.44. The molecule has 0 saturated carbocycles. The molecule has 18 heavy (non-hydrogen) atoms. The van der Waals surface area contributed by atoms with Crippen LogP contribution in [0.2, 0.25) is 0 Å². The zero-order valence-electron chi connectivity index (χ0n) is 9.87. The second-order valence-electron chi connectivity index (χ2n) is 3.64. The normalized spacial score (nSPS) is 10.0. The highest BCUT2D eigenvalue weighted by Crippen LogP contribution is 2.12. The number of hydrogen-bond donors (Lipinski definition) is 1. The number of thioether (sulfide) groups is 1. The summed E-state index contributed by atoms with van der Waals surface area (Å²) >= 11 is 1.63. The van der Waals surface area contributed by atoms with E-state index >= 15 is 0 Å². The average Bonchev–Trinajstić information content (AvgIpc) is 2.45. The van der Waals surface area contributed by atoms with Crippen LogP contribution in [0.4, 0.5) is 0 Å². The first-order valence-electron chi connectivity index (χ1n) is 5.73. The fourth-order valence-corrected chi connectivity index (χ4v) is 2.17. The number of nitrogens with zero attached hydrogens (tertiary/aromatic N) is 1. The fraction of sp³-hybridized carbons (Fsp3) is 0.143. The van der Waals surface area contributed by atoms with Gasteiger partial charge in [-0.1, -0.05) is 24.3 Å². The molecule has 0 atom stereocenters. The van der Waals surface area contributed by atoms with Gasteiger partial charge in [0.05, 0.1) is 5.03 Å². The van der Waals surface area contributed by atoms with Crippen LogP contribution in [0.15, 0.2) is 59.8 Å². The van der Waals surface area contributed by atoms with Gasteiger partial charge in [0, 0.05) is 24.1 Å². The summed E-state index contributed by atoms with van der Waals surface area (Å²) in [7, 11) is 0. The van der Waals surface area contributed by atoms with Crippen molar-refractivity contribution in [1.82, 2.24) is 10.3 Å². The zero-order valence-corrected chi connectivity index (χ0v) is 10.7. The molecule has 0 aliphatic rings. The van der Waals surface area contributed by atoms with Gasteiger partial charge in [-0.3, -0.25) is 4.79 Å². The molecular formula is C14H14N2OS. The molecule has 0 fully saturated rings. The molecule has 0 radical (unpaired) electrons. The average molecular weight is 258 g/mol. The molecule has 2 rings (SSSR count). The van der Waals surface area contributed by atoms with E-state index in [-0.39, 0.29) is 5.91 Å². The molecule has 0 aliphatic heterocycles. The first-order valence-corrected chi connectivity index (χ1v) is 6.72. The number of aromatic nitrogens is 1. The number of carbonyl (C=O) groups is 1. The minimum absolute atomic E-state index is 0.0304. The Bertz CT molecular complexity index is 488. The molecular weight excluding hydrogens is 244 g/mol. The highest BCUT2D eigenvalue weighted by atomic mass is 32.2. The van der Waals surface area contributed by atoms with Gasteiger partial charge in [-0.15, -0.1) is 11.8 Å². The Morgan fingerprint density at radius 2 is 1.89 bits per heavy atom. The molecule has 0 spiro atoms. The Morgan fingerprint density at radius 1 is 1.11 bits per heavy atom. The summed E-state index contributed by atoms with van der Waals surface area (Å²) in [6, 6.07) is 15.0. The lowest BCUT2D eigenvalue weighted by Crippen LogP contribution is -2.25. The third-order valence-corrected chi connectivity index (χ3v) is 3.26. The molecule has 1 amide bonds. The molecule has 4 heteroatoms. The van der Waals surface area contributed by atoms with Gasteiger partial charge in [-0.25, -0.2) is 4.98 Å². The Morgan fingerprint density at radius 3 is 2.61 bits per heavy atom. The molecule has 1 aromatic carbocycles. The maximum atomic E-state index is 11.7. The van der Waals surface area contributed by atoms with Crippen LogP contribution in [0.5, 0.6) is 0 Å². The van der Waals surface area contributed by atoms with Crippen LogP contribution in [-0.2, 0) is 0 Å². The van der Waals surface area contributed by atoms with Crippen molar-refractivity contribution in [2.24, 2.45) is 0 Å². The van der Waals surface area contributed by atoms with Crippen molar-refractivity contribution < 1.29 is 4.79 Å². The Kier molecular flexibility index (Phi) is 4.78. The van der Waals surface area contributed by atoms with Crippen LogP contribution < -0.4 is 5.32 Å². The predicted octanol–water partition coefficient (Wildman–Crippen LogP) is 2.60. The lowest BCUT2D eigenvalue weighted by molar-refractivity contribution is 0.0956. The van der Waals surface area contributed by atoms with Gasteiger partial charge in [0.1, 0.15) is 0 Å². The quantitative estimate of drug-likeness (QED) is 0.662. The van der Waals surface area contributed by atoms with Crippen molar-refractivity contribution >= 4 is 17.7 Å². The number of benzene rings is 1. The summed E-state index contributed by atoms with van der Waals surface area (Å²) in [5, 5.41) is 3.86. The highest BCUT2D eigenvalue weighted by molar-refractivity contribution is 7.99. The molecule has 2 aromatic rings. The molecule has 3 nitrogen and oxygen atoms in total. The second kappa shape index (κ2) is 6.81. The van der Waals surface area contributed by atoms with E-state index in [0.29, 0.717) is 12.1 Å². The minimum Gasteiger partial charge on any atom is -0.351 e. The Balaban J connectivity index is 1.72. The smallest absolute Gasteiger partial charge is 0.251 e. The van der Waals surface area contributed by atoms with Gasteiger partial charge in [-0.05, 0) is 24.3 Å². The Labute approximate surface area is 111 Å². The lowest BCUT2D eigenvalue weighted by atomic mass is 10.2. The van der Waals surface area contributed by atoms with Gasteiger partial charge >= 0.3 is 0 Å². The molecule has 0 unspecified atom stereocenters. The van der Waals surface area contributed by atoms with Crippen molar-refractivity contribution in [2.45, 2.75) is 5.03 Å². The van der Waals surface area contributed by atoms with Crippen molar-refractivity contribution in [2.75, 3.05) is 12.3 Å². The summed E-state index contributed by atoms with van der Waals surface area (Å²) in [6.45, 7) is 0.634. The topological polar surface area (TPSA) is 42.0 Å². The van der Waals surface area contributed by atoms with Crippen LogP contribution >= 0.6 is 11.8 Å². The predicted molar refractivity (Wildman–Crippen MR) is 73.7 cm³/mol. The number of amides is 1. The van der Waals surface area contributed by atoms with Gasteiger partial charge in [0.15, 0.2) is 0 Å². The molecule has 0 bridgehead atoms. The molecule has 0 saturated heterocycles. The van der Waals surface area contributed by atoms with Crippen LogP contribution in [0, 0.1) is 0 Å². The number of hydrogen-bond acceptors (Lipinski definition) is 3. The van der Waals surface area contributed by atoms with E-state index in [1.54, 1.807) is 30.1 Å². The first kappa shape index (κ1) is 12.6. The first-order chi connectivity index (χ1) is 8.86. The van der Waals surface area contributed by atoms with Crippen LogP contribution in [0.1, 0.15) is 10.4 Å². The van der Waals surface area contributed by atoms with E-state index in [4.69, 9.17) is 0 Å². The summed E-state index contributed by atoms with van der Waals surface area (Å²) < 4.78 is 0. The summed E-state index contributed by atoms with van der Waals surface area (Å²) in [4.78, 5) is 15.9. The number of rotatable bonds is 5. The van der Waals surface area contributed by atoms with Gasteiger partial charge in [-0.2, -0.15) is 0 Å². The number of carbonyl (C=O) groups excluding carboxylic acids is 1. The SMILES string of the molecule is O=C(NCCSc1ccccn1)c1ccccc1. The van der Waals surface area contributed by atoms with Crippen molar-refractivity contribution in [3.8, 4) is 0 Å². The lowest BCUT2D eigenvalue weighted by Gasteiger charge is -2.04. The van der Waals surface area contributed by atoms with E-state index in [9.17, 15) is 4.79 Å². The van der Waals surface area contributed by atoms with Crippen LogP contribution in [0.3, 0.4) is 0 Å². The standard InChI is InChI=1S/C14H14N2OS/c17-14(12-6-2-1-3-7-12)16-10-11-18-13-8-4-5-9-15-13/h1-9H,10-11H2,(H,16,17). The number of nitrogens with one attached hydrogen (secondary N) is 1. The molecule has 1 N–H and O–H groups in total. The summed E-state index contributed by atoms with van der Waals surface area (Å²) in [6.07, 6.45) is 1.77. The van der Waals surface area contributed by atoms with E-state index in [1.165, 1.54) is 0 Å². The number of pyridine rings is 1. The third-order valence-electron chi connectivity index (χ3n) is 2.31. The van der Waals surface area contributed by atoms with Crippen molar-refractivity contribution in [1.29, 1.82) is 0 Å².